The van der Waals surface area contributed by atoms with Gasteiger partial charge in [0.05, 0.1) is 24.8 Å². The van der Waals surface area contributed by atoms with Crippen molar-refractivity contribution in [3.8, 4) is 11.8 Å². The van der Waals surface area contributed by atoms with Gasteiger partial charge in [-0.3, -0.25) is 9.59 Å². The van der Waals surface area contributed by atoms with Gasteiger partial charge in [-0.15, -0.1) is 0 Å². The normalized spacial score (nSPS) is 17.9. The summed E-state index contributed by atoms with van der Waals surface area (Å²) in [7, 11) is 1.53. The molecule has 2 rings (SSSR count). The van der Waals surface area contributed by atoms with Crippen LogP contribution >= 0.6 is 0 Å². The zero-order valence-electron chi connectivity index (χ0n) is 11.7. The third-order valence-corrected chi connectivity index (χ3v) is 3.36. The van der Waals surface area contributed by atoms with E-state index in [0.29, 0.717) is 11.3 Å². The Hall–Kier alpha value is -2.81. The van der Waals surface area contributed by atoms with Crippen molar-refractivity contribution in [2.24, 2.45) is 0 Å². The van der Waals surface area contributed by atoms with Gasteiger partial charge in [0.25, 0.3) is 5.91 Å². The molecule has 1 amide bonds. The van der Waals surface area contributed by atoms with Gasteiger partial charge in [-0.05, 0) is 24.6 Å². The zero-order valence-corrected chi connectivity index (χ0v) is 11.7. The van der Waals surface area contributed by atoms with Crippen LogP contribution in [0.3, 0.4) is 0 Å². The first-order valence-electron chi connectivity index (χ1n) is 6.27. The number of hydrogen-bond acceptors (Lipinski definition) is 5. The van der Waals surface area contributed by atoms with Crippen LogP contribution in [-0.2, 0) is 9.59 Å². The molecular weight excluding hydrogens is 272 g/mol. The lowest BCUT2D eigenvalue weighted by Gasteiger charge is -2.24. The molecule has 1 N–H and O–H groups in total. The molecule has 6 heteroatoms. The largest absolute Gasteiger partial charge is 0.503 e. The van der Waals surface area contributed by atoms with E-state index in [2.05, 4.69) is 0 Å². The van der Waals surface area contributed by atoms with E-state index >= 15 is 0 Å². The van der Waals surface area contributed by atoms with Gasteiger partial charge in [0.1, 0.15) is 12.3 Å². The number of amides is 1. The molecule has 21 heavy (non-hydrogen) atoms. The van der Waals surface area contributed by atoms with E-state index in [1.807, 2.05) is 6.07 Å². The first-order valence-corrected chi connectivity index (χ1v) is 6.27. The third-order valence-electron chi connectivity index (χ3n) is 3.36. The predicted molar refractivity (Wildman–Crippen MR) is 73.4 cm³/mol. The lowest BCUT2D eigenvalue weighted by Crippen LogP contribution is -2.31. The van der Waals surface area contributed by atoms with Gasteiger partial charge in [-0.25, -0.2) is 0 Å². The smallest absolute Gasteiger partial charge is 0.290 e. The molecule has 1 heterocycles. The molecule has 0 spiro atoms. The van der Waals surface area contributed by atoms with Crippen LogP contribution in [0.5, 0.6) is 5.75 Å². The Morgan fingerprint density at radius 1 is 1.43 bits per heavy atom. The Bertz CT molecular complexity index is 655. The first-order chi connectivity index (χ1) is 10.0. The number of Topliss-reactive ketones (excluding diaryl/α,β-unsaturated/α-hetero) is 1. The van der Waals surface area contributed by atoms with Crippen LogP contribution in [-0.4, -0.2) is 35.4 Å². The van der Waals surface area contributed by atoms with Crippen molar-refractivity contribution in [1.29, 1.82) is 5.26 Å². The van der Waals surface area contributed by atoms with E-state index in [1.54, 1.807) is 24.3 Å². The fraction of sp³-hybridized carbons (Fsp3) is 0.267. The van der Waals surface area contributed by atoms with E-state index in [0.717, 1.165) is 0 Å². The van der Waals surface area contributed by atoms with Crippen molar-refractivity contribution in [3.63, 3.8) is 0 Å². The number of hydrogen-bond donors (Lipinski definition) is 1. The molecule has 0 saturated heterocycles. The quantitative estimate of drug-likeness (QED) is 0.847. The number of ketones is 1. The number of methoxy groups -OCH3 is 1. The topological polar surface area (TPSA) is 90.6 Å². The summed E-state index contributed by atoms with van der Waals surface area (Å²) in [4.78, 5) is 24.9. The number of benzene rings is 1. The van der Waals surface area contributed by atoms with Gasteiger partial charge < -0.3 is 14.7 Å². The number of aliphatic hydroxyl groups is 1. The minimum absolute atomic E-state index is 0.0143. The monoisotopic (exact) mass is 286 g/mol. The fourth-order valence-corrected chi connectivity index (χ4v) is 2.39. The van der Waals surface area contributed by atoms with Crippen molar-refractivity contribution in [2.75, 3.05) is 13.7 Å². The minimum Gasteiger partial charge on any atom is -0.503 e. The predicted octanol–water partition coefficient (Wildman–Crippen LogP) is 1.50. The summed E-state index contributed by atoms with van der Waals surface area (Å²) >= 11 is 0. The van der Waals surface area contributed by atoms with Crippen molar-refractivity contribution < 1.29 is 19.4 Å². The second-order valence-corrected chi connectivity index (χ2v) is 4.59. The number of carbonyl (C=O) groups is 2. The number of nitrogens with zero attached hydrogens (tertiary/aromatic N) is 2. The van der Waals surface area contributed by atoms with Crippen molar-refractivity contribution >= 4 is 11.7 Å². The van der Waals surface area contributed by atoms with Crippen molar-refractivity contribution in [3.05, 3.63) is 41.2 Å². The molecule has 1 aromatic carbocycles. The highest BCUT2D eigenvalue weighted by molar-refractivity contribution is 6.08. The van der Waals surface area contributed by atoms with Crippen LogP contribution in [0.2, 0.25) is 0 Å². The van der Waals surface area contributed by atoms with E-state index in [-0.39, 0.29) is 12.1 Å². The molecule has 108 valence electrons. The lowest BCUT2D eigenvalue weighted by molar-refractivity contribution is -0.128. The van der Waals surface area contributed by atoms with Gasteiger partial charge in [-0.2, -0.15) is 5.26 Å². The highest BCUT2D eigenvalue weighted by atomic mass is 16.5. The van der Waals surface area contributed by atoms with Gasteiger partial charge >= 0.3 is 0 Å². The molecule has 0 unspecified atom stereocenters. The minimum atomic E-state index is -0.749. The van der Waals surface area contributed by atoms with Crippen LogP contribution in [0.1, 0.15) is 18.5 Å². The van der Waals surface area contributed by atoms with Crippen molar-refractivity contribution in [2.45, 2.75) is 13.0 Å². The lowest BCUT2D eigenvalue weighted by atomic mass is 9.97. The van der Waals surface area contributed by atoms with Crippen LogP contribution in [0.4, 0.5) is 0 Å². The number of nitriles is 1. The van der Waals surface area contributed by atoms with Gasteiger partial charge in [0, 0.05) is 0 Å². The summed E-state index contributed by atoms with van der Waals surface area (Å²) < 4.78 is 5.06. The average molecular weight is 286 g/mol. The molecule has 1 atom stereocenters. The Kier molecular flexibility index (Phi) is 3.94. The summed E-state index contributed by atoms with van der Waals surface area (Å²) in [6.45, 7) is 1.07. The van der Waals surface area contributed by atoms with Gasteiger partial charge in [-0.1, -0.05) is 12.1 Å². The molecule has 1 aliphatic rings. The third kappa shape index (κ3) is 2.46. The summed E-state index contributed by atoms with van der Waals surface area (Å²) in [6, 6.07) is 7.90. The number of aliphatic hydroxyl groups excluding tert-OH is 1. The molecule has 0 radical (unpaired) electrons. The van der Waals surface area contributed by atoms with E-state index in [4.69, 9.17) is 10.00 Å². The molecule has 0 bridgehead atoms. The van der Waals surface area contributed by atoms with Crippen molar-refractivity contribution in [1.82, 2.24) is 4.90 Å². The number of ether oxygens (including phenoxy) is 1. The number of rotatable bonds is 4. The van der Waals surface area contributed by atoms with Gasteiger partial charge in [0.2, 0.25) is 0 Å². The van der Waals surface area contributed by atoms with E-state index < -0.39 is 23.5 Å². The van der Waals surface area contributed by atoms with Crippen LogP contribution in [0.15, 0.2) is 35.6 Å². The molecule has 0 saturated carbocycles. The molecular formula is C15H14N2O4. The average Bonchev–Trinajstić information content (AvgIpc) is 2.73. The molecule has 6 nitrogen and oxygen atoms in total. The van der Waals surface area contributed by atoms with Crippen LogP contribution in [0.25, 0.3) is 0 Å². The van der Waals surface area contributed by atoms with E-state index in [9.17, 15) is 14.7 Å². The maximum absolute atomic E-state index is 12.0. The van der Waals surface area contributed by atoms with Gasteiger partial charge in [0.15, 0.2) is 11.5 Å². The first kappa shape index (κ1) is 14.6. The summed E-state index contributed by atoms with van der Waals surface area (Å²) in [5, 5.41) is 18.7. The second-order valence-electron chi connectivity index (χ2n) is 4.59. The van der Waals surface area contributed by atoms with Crippen LogP contribution < -0.4 is 4.74 Å². The Morgan fingerprint density at radius 3 is 2.52 bits per heavy atom. The fourth-order valence-electron chi connectivity index (χ4n) is 2.39. The number of carbonyl (C=O) groups excluding carboxylic acids is 2. The molecule has 1 aromatic rings. The molecule has 0 aromatic heterocycles. The molecule has 1 aliphatic heterocycles. The zero-order chi connectivity index (χ0) is 15.6. The highest BCUT2D eigenvalue weighted by Crippen LogP contribution is 2.37. The summed E-state index contributed by atoms with van der Waals surface area (Å²) in [6.07, 6.45) is 0. The summed E-state index contributed by atoms with van der Waals surface area (Å²) in [5.41, 5.74) is 0.647. The molecule has 0 fully saturated rings. The second kappa shape index (κ2) is 5.67. The van der Waals surface area contributed by atoms with E-state index in [1.165, 1.54) is 18.9 Å². The Labute approximate surface area is 121 Å². The maximum Gasteiger partial charge on any atom is 0.290 e. The standard InChI is InChI=1S/C15H14N2O4/c1-9(18)12-13(10-3-5-11(21-2)6-4-10)17(8-7-16)15(20)14(12)19/h3-6,13,19H,8H2,1-2H3/t13-/m0/s1. The Morgan fingerprint density at radius 2 is 2.05 bits per heavy atom. The summed E-state index contributed by atoms with van der Waals surface area (Å²) in [5.74, 6) is -1.06. The maximum atomic E-state index is 12.0. The van der Waals surface area contributed by atoms with Crippen LogP contribution in [0, 0.1) is 11.3 Å². The molecule has 0 aliphatic carbocycles. The highest BCUT2D eigenvalue weighted by Gasteiger charge is 2.42. The SMILES string of the molecule is COc1ccc([C@H]2C(C(C)=O)=C(O)C(=O)N2CC#N)cc1. The Balaban J connectivity index is 2.51.